The molecule has 0 spiro atoms. The van der Waals surface area contributed by atoms with Gasteiger partial charge in [-0.3, -0.25) is 9.80 Å². The predicted molar refractivity (Wildman–Crippen MR) is 79.3 cm³/mol. The van der Waals surface area contributed by atoms with Crippen LogP contribution < -0.4 is 0 Å². The lowest BCUT2D eigenvalue weighted by atomic mass is 10.0. The Morgan fingerprint density at radius 3 is 2.47 bits per heavy atom. The molecule has 1 heterocycles. The molecule has 1 saturated heterocycles. The molecule has 1 N–H and O–H groups in total. The zero-order valence-electron chi connectivity index (χ0n) is 12.3. The van der Waals surface area contributed by atoms with Gasteiger partial charge < -0.3 is 5.11 Å². The topological polar surface area (TPSA) is 26.7 Å². The number of likely N-dealkylation sites (N-methyl/N-ethyl adjacent to an activating group) is 1. The van der Waals surface area contributed by atoms with E-state index in [2.05, 4.69) is 54.8 Å². The number of piperazine rings is 1. The Bertz CT molecular complexity index is 390. The van der Waals surface area contributed by atoms with Crippen LogP contribution in [0.25, 0.3) is 0 Å². The summed E-state index contributed by atoms with van der Waals surface area (Å²) < 4.78 is 0. The van der Waals surface area contributed by atoms with Gasteiger partial charge in [0.1, 0.15) is 0 Å². The molecule has 0 amide bonds. The molecule has 106 valence electrons. The third-order valence-corrected chi connectivity index (χ3v) is 4.28. The second kappa shape index (κ2) is 6.51. The molecule has 1 fully saturated rings. The van der Waals surface area contributed by atoms with Gasteiger partial charge in [-0.15, -0.1) is 0 Å². The average Bonchev–Trinajstić information content (AvgIpc) is 2.42. The van der Waals surface area contributed by atoms with Gasteiger partial charge in [0.05, 0.1) is 12.6 Å². The zero-order valence-corrected chi connectivity index (χ0v) is 12.3. The number of benzene rings is 1. The highest BCUT2D eigenvalue weighted by Gasteiger charge is 2.27. The van der Waals surface area contributed by atoms with Crippen molar-refractivity contribution in [3.8, 4) is 0 Å². The summed E-state index contributed by atoms with van der Waals surface area (Å²) in [7, 11) is 0. The first-order chi connectivity index (χ1) is 9.15. The molecule has 1 aliphatic heterocycles. The molecule has 1 aliphatic rings. The third kappa shape index (κ3) is 3.35. The van der Waals surface area contributed by atoms with Crippen LogP contribution in [0.1, 0.15) is 31.0 Å². The molecule has 1 aromatic carbocycles. The first-order valence-corrected chi connectivity index (χ1v) is 7.31. The lowest BCUT2D eigenvalue weighted by molar-refractivity contribution is 0.0367. The number of aryl methyl sites for hydroxylation is 1. The molecule has 1 aromatic rings. The minimum Gasteiger partial charge on any atom is -0.394 e. The lowest BCUT2D eigenvalue weighted by Crippen LogP contribution is -2.53. The van der Waals surface area contributed by atoms with Crippen LogP contribution in [-0.4, -0.2) is 53.7 Å². The molecule has 0 bridgehead atoms. The fourth-order valence-electron chi connectivity index (χ4n) is 3.00. The van der Waals surface area contributed by atoms with E-state index >= 15 is 0 Å². The van der Waals surface area contributed by atoms with Gasteiger partial charge in [-0.2, -0.15) is 0 Å². The highest BCUT2D eigenvalue weighted by molar-refractivity contribution is 5.24. The quantitative estimate of drug-likeness (QED) is 0.899. The van der Waals surface area contributed by atoms with Crippen LogP contribution in [0.2, 0.25) is 0 Å². The summed E-state index contributed by atoms with van der Waals surface area (Å²) in [4.78, 5) is 4.92. The van der Waals surface area contributed by atoms with Crippen molar-refractivity contribution in [2.24, 2.45) is 0 Å². The maximum absolute atomic E-state index is 9.76. The van der Waals surface area contributed by atoms with E-state index < -0.39 is 0 Å². The van der Waals surface area contributed by atoms with Crippen molar-refractivity contribution in [3.63, 3.8) is 0 Å². The van der Waals surface area contributed by atoms with Crippen molar-refractivity contribution < 1.29 is 5.11 Å². The Morgan fingerprint density at radius 2 is 1.95 bits per heavy atom. The molecule has 2 unspecified atom stereocenters. The highest BCUT2D eigenvalue weighted by Crippen LogP contribution is 2.23. The van der Waals surface area contributed by atoms with Crippen LogP contribution in [0.4, 0.5) is 0 Å². The van der Waals surface area contributed by atoms with Crippen molar-refractivity contribution in [1.29, 1.82) is 0 Å². The smallest absolute Gasteiger partial charge is 0.0628 e. The number of aliphatic hydroxyl groups excluding tert-OH is 1. The Hall–Kier alpha value is -0.900. The van der Waals surface area contributed by atoms with E-state index in [0.717, 1.165) is 26.2 Å². The normalized spacial score (nSPS) is 23.5. The summed E-state index contributed by atoms with van der Waals surface area (Å²) in [5.74, 6) is 0. The number of hydrogen-bond acceptors (Lipinski definition) is 3. The number of nitrogens with zero attached hydrogens (tertiary/aromatic N) is 2. The molecule has 0 aliphatic carbocycles. The SMILES string of the molecule is CCN1CCN(C(CO)c2ccc(C)cc2)CC1C. The van der Waals surface area contributed by atoms with Crippen LogP contribution in [0.3, 0.4) is 0 Å². The molecule has 19 heavy (non-hydrogen) atoms. The summed E-state index contributed by atoms with van der Waals surface area (Å²) in [6.07, 6.45) is 0. The predicted octanol–water partition coefficient (Wildman–Crippen LogP) is 2.05. The summed E-state index contributed by atoms with van der Waals surface area (Å²) in [5, 5.41) is 9.76. The monoisotopic (exact) mass is 262 g/mol. The summed E-state index contributed by atoms with van der Waals surface area (Å²) >= 11 is 0. The van der Waals surface area contributed by atoms with Gasteiger partial charge in [0.2, 0.25) is 0 Å². The second-order valence-electron chi connectivity index (χ2n) is 5.58. The Labute approximate surface area is 116 Å². The highest BCUT2D eigenvalue weighted by atomic mass is 16.3. The van der Waals surface area contributed by atoms with Crippen LogP contribution >= 0.6 is 0 Å². The van der Waals surface area contributed by atoms with E-state index in [1.54, 1.807) is 0 Å². The molecule has 2 atom stereocenters. The lowest BCUT2D eigenvalue weighted by Gasteiger charge is -2.42. The van der Waals surface area contributed by atoms with Gasteiger partial charge >= 0.3 is 0 Å². The van der Waals surface area contributed by atoms with E-state index in [1.165, 1.54) is 11.1 Å². The molecule has 0 radical (unpaired) electrons. The Morgan fingerprint density at radius 1 is 1.26 bits per heavy atom. The fraction of sp³-hybridized carbons (Fsp3) is 0.625. The van der Waals surface area contributed by atoms with E-state index in [1.807, 2.05) is 0 Å². The number of rotatable bonds is 4. The van der Waals surface area contributed by atoms with Crippen molar-refractivity contribution in [2.45, 2.75) is 32.9 Å². The second-order valence-corrected chi connectivity index (χ2v) is 5.58. The molecular weight excluding hydrogens is 236 g/mol. The van der Waals surface area contributed by atoms with Crippen LogP contribution in [-0.2, 0) is 0 Å². The number of aliphatic hydroxyl groups is 1. The molecular formula is C16H26N2O. The van der Waals surface area contributed by atoms with Gasteiger partial charge in [-0.1, -0.05) is 36.8 Å². The molecule has 2 rings (SSSR count). The summed E-state index contributed by atoms with van der Waals surface area (Å²) in [5.41, 5.74) is 2.50. The van der Waals surface area contributed by atoms with E-state index in [9.17, 15) is 5.11 Å². The molecule has 0 aromatic heterocycles. The fourth-order valence-corrected chi connectivity index (χ4v) is 3.00. The van der Waals surface area contributed by atoms with E-state index in [4.69, 9.17) is 0 Å². The maximum atomic E-state index is 9.76. The van der Waals surface area contributed by atoms with E-state index in [0.29, 0.717) is 6.04 Å². The largest absolute Gasteiger partial charge is 0.394 e. The minimum absolute atomic E-state index is 0.141. The first-order valence-electron chi connectivity index (χ1n) is 7.31. The maximum Gasteiger partial charge on any atom is 0.0628 e. The van der Waals surface area contributed by atoms with Gasteiger partial charge in [0.15, 0.2) is 0 Å². The Kier molecular flexibility index (Phi) is 4.97. The van der Waals surface area contributed by atoms with Crippen LogP contribution in [0, 0.1) is 6.92 Å². The third-order valence-electron chi connectivity index (χ3n) is 4.28. The summed E-state index contributed by atoms with van der Waals surface area (Å²) in [6, 6.07) is 9.26. The van der Waals surface area contributed by atoms with Gasteiger partial charge in [-0.05, 0) is 26.0 Å². The number of hydrogen-bond donors (Lipinski definition) is 1. The standard InChI is InChI=1S/C16H26N2O/c1-4-17-9-10-18(11-14(17)3)16(12-19)15-7-5-13(2)6-8-15/h5-8,14,16,19H,4,9-12H2,1-3H3. The molecule has 0 saturated carbocycles. The van der Waals surface area contributed by atoms with Crippen molar-refractivity contribution in [3.05, 3.63) is 35.4 Å². The summed E-state index contributed by atoms with van der Waals surface area (Å²) in [6.45, 7) is 11.1. The van der Waals surface area contributed by atoms with Gasteiger partial charge in [0.25, 0.3) is 0 Å². The average molecular weight is 262 g/mol. The Balaban J connectivity index is 2.08. The van der Waals surface area contributed by atoms with Crippen LogP contribution in [0.15, 0.2) is 24.3 Å². The van der Waals surface area contributed by atoms with Crippen molar-refractivity contribution in [1.82, 2.24) is 9.80 Å². The zero-order chi connectivity index (χ0) is 13.8. The van der Waals surface area contributed by atoms with Gasteiger partial charge in [-0.25, -0.2) is 0 Å². The van der Waals surface area contributed by atoms with Crippen LogP contribution in [0.5, 0.6) is 0 Å². The minimum atomic E-state index is 0.141. The van der Waals surface area contributed by atoms with Crippen molar-refractivity contribution >= 4 is 0 Å². The van der Waals surface area contributed by atoms with E-state index in [-0.39, 0.29) is 12.6 Å². The van der Waals surface area contributed by atoms with Crippen molar-refractivity contribution in [2.75, 3.05) is 32.8 Å². The first kappa shape index (κ1) is 14.5. The van der Waals surface area contributed by atoms with Gasteiger partial charge in [0, 0.05) is 25.7 Å². The molecule has 3 heteroatoms. The molecule has 3 nitrogen and oxygen atoms in total.